The summed E-state index contributed by atoms with van der Waals surface area (Å²) >= 11 is 0. The number of carbonyl (C=O) groups is 1. The smallest absolute Gasteiger partial charge is 0.255 e. The lowest BCUT2D eigenvalue weighted by molar-refractivity contribution is 0.102. The highest BCUT2D eigenvalue weighted by atomic mass is 16.3. The minimum Gasteiger partial charge on any atom is -0.508 e. The highest BCUT2D eigenvalue weighted by molar-refractivity contribution is 6.04. The van der Waals surface area contributed by atoms with Gasteiger partial charge in [-0.3, -0.25) is 9.59 Å². The maximum absolute atomic E-state index is 12.5. The minimum atomic E-state index is -0.263. The van der Waals surface area contributed by atoms with Gasteiger partial charge in [0.25, 0.3) is 5.91 Å². The molecule has 0 fully saturated rings. The molecule has 1 aromatic heterocycles. The van der Waals surface area contributed by atoms with Crippen LogP contribution >= 0.6 is 0 Å². The van der Waals surface area contributed by atoms with Crippen LogP contribution in [-0.2, 0) is 0 Å². The van der Waals surface area contributed by atoms with Gasteiger partial charge in [-0.2, -0.15) is 0 Å². The average Bonchev–Trinajstić information content (AvgIpc) is 2.70. The molecule has 4 aromatic rings. The fourth-order valence-electron chi connectivity index (χ4n) is 3.18. The highest BCUT2D eigenvalue weighted by Crippen LogP contribution is 2.24. The van der Waals surface area contributed by atoms with Gasteiger partial charge in [-0.1, -0.05) is 23.8 Å². The summed E-state index contributed by atoms with van der Waals surface area (Å²) in [4.78, 5) is 24.9. The lowest BCUT2D eigenvalue weighted by Gasteiger charge is -2.09. The molecule has 1 amide bonds. The van der Waals surface area contributed by atoms with E-state index in [0.29, 0.717) is 33.5 Å². The second kappa shape index (κ2) is 7.28. The van der Waals surface area contributed by atoms with Crippen LogP contribution < -0.4 is 10.7 Å². The van der Waals surface area contributed by atoms with Crippen LogP contribution in [-0.4, -0.2) is 11.0 Å². The van der Waals surface area contributed by atoms with Crippen LogP contribution in [0.4, 0.5) is 5.69 Å². The first-order valence-electron chi connectivity index (χ1n) is 9.16. The summed E-state index contributed by atoms with van der Waals surface area (Å²) < 4.78 is 5.88. The summed E-state index contributed by atoms with van der Waals surface area (Å²) in [6, 6.07) is 18.6. The summed E-state index contributed by atoms with van der Waals surface area (Å²) in [6.45, 7) is 3.73. The number of nitrogens with one attached hydrogen (secondary N) is 1. The van der Waals surface area contributed by atoms with Gasteiger partial charge in [-0.15, -0.1) is 0 Å². The van der Waals surface area contributed by atoms with Gasteiger partial charge in [0.1, 0.15) is 17.1 Å². The Labute approximate surface area is 167 Å². The van der Waals surface area contributed by atoms with Gasteiger partial charge in [0, 0.05) is 22.9 Å². The number of aryl methyl sites for hydroxylation is 2. The van der Waals surface area contributed by atoms with Crippen molar-refractivity contribution in [3.63, 3.8) is 0 Å². The molecule has 0 radical (unpaired) electrons. The number of rotatable bonds is 3. The predicted octanol–water partition coefficient (Wildman–Crippen LogP) is 5.03. The molecule has 3 aromatic carbocycles. The van der Waals surface area contributed by atoms with E-state index in [0.717, 1.165) is 11.1 Å². The molecule has 5 nitrogen and oxygen atoms in total. The van der Waals surface area contributed by atoms with Crippen molar-refractivity contribution in [1.29, 1.82) is 0 Å². The number of hydrogen-bond donors (Lipinski definition) is 2. The van der Waals surface area contributed by atoms with E-state index in [1.54, 1.807) is 42.5 Å². The highest BCUT2D eigenvalue weighted by Gasteiger charge is 2.11. The van der Waals surface area contributed by atoms with Gasteiger partial charge < -0.3 is 14.8 Å². The van der Waals surface area contributed by atoms with Crippen molar-refractivity contribution in [3.8, 4) is 17.1 Å². The van der Waals surface area contributed by atoms with Gasteiger partial charge in [-0.05, 0) is 61.9 Å². The quantitative estimate of drug-likeness (QED) is 0.485. The third-order valence-corrected chi connectivity index (χ3v) is 4.77. The van der Waals surface area contributed by atoms with Crippen LogP contribution in [0.15, 0.2) is 75.9 Å². The first kappa shape index (κ1) is 18.5. The van der Waals surface area contributed by atoms with Crippen molar-refractivity contribution < 1.29 is 14.3 Å². The number of fused-ring (bicyclic) bond motifs is 1. The van der Waals surface area contributed by atoms with E-state index in [4.69, 9.17) is 4.42 Å². The second-order valence-corrected chi connectivity index (χ2v) is 7.01. The molecule has 0 aliphatic carbocycles. The fraction of sp³-hybridized carbons (Fsp3) is 0.0833. The summed E-state index contributed by atoms with van der Waals surface area (Å²) in [5, 5.41) is 12.9. The van der Waals surface area contributed by atoms with Crippen LogP contribution in [0, 0.1) is 13.8 Å². The fourth-order valence-corrected chi connectivity index (χ4v) is 3.18. The number of aromatic hydroxyl groups is 1. The summed E-state index contributed by atoms with van der Waals surface area (Å²) in [7, 11) is 0. The number of phenols is 1. The molecule has 0 unspecified atom stereocenters. The minimum absolute atomic E-state index is 0.102. The molecule has 144 valence electrons. The molecule has 0 saturated carbocycles. The van der Waals surface area contributed by atoms with Crippen molar-refractivity contribution in [3.05, 3.63) is 93.6 Å². The van der Waals surface area contributed by atoms with E-state index < -0.39 is 0 Å². The second-order valence-electron chi connectivity index (χ2n) is 7.01. The van der Waals surface area contributed by atoms with Gasteiger partial charge >= 0.3 is 0 Å². The van der Waals surface area contributed by atoms with Crippen LogP contribution in [0.3, 0.4) is 0 Å². The first-order chi connectivity index (χ1) is 13.9. The van der Waals surface area contributed by atoms with E-state index in [1.807, 2.05) is 26.0 Å². The summed E-state index contributed by atoms with van der Waals surface area (Å²) in [6.07, 6.45) is 0. The molecule has 1 heterocycles. The van der Waals surface area contributed by atoms with Crippen molar-refractivity contribution in [1.82, 2.24) is 0 Å². The Morgan fingerprint density at radius 1 is 0.931 bits per heavy atom. The number of benzene rings is 3. The number of amides is 1. The van der Waals surface area contributed by atoms with Crippen LogP contribution in [0.2, 0.25) is 0 Å². The molecule has 5 heteroatoms. The maximum Gasteiger partial charge on any atom is 0.255 e. The summed E-state index contributed by atoms with van der Waals surface area (Å²) in [5.41, 5.74) is 4.01. The Balaban J connectivity index is 1.60. The van der Waals surface area contributed by atoms with Crippen molar-refractivity contribution in [2.24, 2.45) is 0 Å². The summed E-state index contributed by atoms with van der Waals surface area (Å²) in [5.74, 6) is 0.338. The van der Waals surface area contributed by atoms with Gasteiger partial charge in [0.2, 0.25) is 0 Å². The third kappa shape index (κ3) is 3.75. The Bertz CT molecular complexity index is 1290. The number of hydrogen-bond acceptors (Lipinski definition) is 4. The maximum atomic E-state index is 12.5. The predicted molar refractivity (Wildman–Crippen MR) is 113 cm³/mol. The zero-order chi connectivity index (χ0) is 20.5. The van der Waals surface area contributed by atoms with Gasteiger partial charge in [0.15, 0.2) is 5.43 Å². The number of carbonyl (C=O) groups excluding carboxylic acids is 1. The largest absolute Gasteiger partial charge is 0.508 e. The number of phenolic OH excluding ortho intramolecular Hbond substituents is 1. The van der Waals surface area contributed by atoms with Crippen molar-refractivity contribution >= 4 is 22.6 Å². The Morgan fingerprint density at radius 3 is 2.41 bits per heavy atom. The molecule has 0 aliphatic rings. The SMILES string of the molecule is Cc1ccc2oc(-c3ccc(C(=O)Nc4ccc(O)cc4C)cc3)cc(=O)c2c1. The molecule has 29 heavy (non-hydrogen) atoms. The molecular formula is C24H19NO4. The van der Waals surface area contributed by atoms with Crippen LogP contribution in [0.5, 0.6) is 5.75 Å². The molecule has 0 saturated heterocycles. The first-order valence-corrected chi connectivity index (χ1v) is 9.16. The molecule has 0 bridgehead atoms. The Hall–Kier alpha value is -3.86. The van der Waals surface area contributed by atoms with E-state index in [9.17, 15) is 14.7 Å². The Morgan fingerprint density at radius 2 is 1.69 bits per heavy atom. The van der Waals surface area contributed by atoms with E-state index in [-0.39, 0.29) is 17.1 Å². The number of anilines is 1. The van der Waals surface area contributed by atoms with Gasteiger partial charge in [0.05, 0.1) is 5.39 Å². The van der Waals surface area contributed by atoms with Crippen molar-refractivity contribution in [2.45, 2.75) is 13.8 Å². The topological polar surface area (TPSA) is 79.5 Å². The molecule has 0 spiro atoms. The molecular weight excluding hydrogens is 366 g/mol. The third-order valence-electron chi connectivity index (χ3n) is 4.77. The molecule has 2 N–H and O–H groups in total. The van der Waals surface area contributed by atoms with E-state index in [1.165, 1.54) is 12.1 Å². The lowest BCUT2D eigenvalue weighted by Crippen LogP contribution is -2.12. The normalized spacial score (nSPS) is 10.8. The molecule has 0 atom stereocenters. The molecule has 4 rings (SSSR count). The lowest BCUT2D eigenvalue weighted by atomic mass is 10.1. The van der Waals surface area contributed by atoms with Gasteiger partial charge in [-0.25, -0.2) is 0 Å². The molecule has 0 aliphatic heterocycles. The Kier molecular flexibility index (Phi) is 4.64. The monoisotopic (exact) mass is 385 g/mol. The zero-order valence-electron chi connectivity index (χ0n) is 16.0. The van der Waals surface area contributed by atoms with Crippen molar-refractivity contribution in [2.75, 3.05) is 5.32 Å². The standard InChI is InChI=1S/C24H19NO4/c1-14-3-10-22-19(11-14)21(27)13-23(29-22)16-4-6-17(7-5-16)24(28)25-20-9-8-18(26)12-15(20)2/h3-13,26H,1-2H3,(H,25,28). The van der Waals surface area contributed by atoms with E-state index in [2.05, 4.69) is 5.32 Å². The average molecular weight is 385 g/mol. The van der Waals surface area contributed by atoms with E-state index >= 15 is 0 Å². The van der Waals surface area contributed by atoms with Crippen LogP contribution in [0.1, 0.15) is 21.5 Å². The zero-order valence-corrected chi connectivity index (χ0v) is 16.0. The van der Waals surface area contributed by atoms with Crippen LogP contribution in [0.25, 0.3) is 22.3 Å².